The molecule has 0 aliphatic rings. The van der Waals surface area contributed by atoms with Crippen molar-refractivity contribution in [3.8, 4) is 22.3 Å². The van der Waals surface area contributed by atoms with Crippen LogP contribution in [-0.4, -0.2) is 0 Å². The van der Waals surface area contributed by atoms with Crippen molar-refractivity contribution in [1.29, 1.82) is 0 Å². The Bertz CT molecular complexity index is 3120. The highest BCUT2D eigenvalue weighted by molar-refractivity contribution is 6.28. The molecule has 0 spiro atoms. The van der Waals surface area contributed by atoms with Crippen LogP contribution < -0.4 is 9.80 Å². The fraction of sp³-hybridized carbons (Fsp3) is 0.0714. The Labute approximate surface area is 357 Å². The van der Waals surface area contributed by atoms with E-state index < -0.39 is 23.3 Å². The third-order valence-corrected chi connectivity index (χ3v) is 12.3. The third-order valence-electron chi connectivity index (χ3n) is 12.3. The Hall–Kier alpha value is -7.44. The van der Waals surface area contributed by atoms with E-state index in [4.69, 9.17) is 0 Å². The predicted molar refractivity (Wildman–Crippen MR) is 249 cm³/mol. The van der Waals surface area contributed by atoms with Gasteiger partial charge in [-0.15, -0.1) is 0 Å². The number of hydrogen-bond donors (Lipinski definition) is 0. The maximum Gasteiger partial charge on any atom is 0.148 e. The zero-order valence-electron chi connectivity index (χ0n) is 34.6. The molecule has 6 heteroatoms. The van der Waals surface area contributed by atoms with E-state index in [2.05, 4.69) is 0 Å². The lowest BCUT2D eigenvalue weighted by atomic mass is 9.91. The van der Waals surface area contributed by atoms with Crippen molar-refractivity contribution >= 4 is 66.4 Å². The van der Waals surface area contributed by atoms with Gasteiger partial charge in [0.1, 0.15) is 23.3 Å². The van der Waals surface area contributed by atoms with Crippen molar-refractivity contribution in [3.05, 3.63) is 215 Å². The molecule has 302 valence electrons. The minimum absolute atomic E-state index is 0.0639. The van der Waals surface area contributed by atoms with Gasteiger partial charge in [-0.3, -0.25) is 0 Å². The number of aryl methyl sites for hydroxylation is 4. The highest BCUT2D eigenvalue weighted by Crippen LogP contribution is 2.49. The van der Waals surface area contributed by atoms with Crippen molar-refractivity contribution in [2.24, 2.45) is 0 Å². The van der Waals surface area contributed by atoms with Gasteiger partial charge in [0, 0.05) is 45.4 Å². The fourth-order valence-corrected chi connectivity index (χ4v) is 8.81. The largest absolute Gasteiger partial charge is 0.307 e. The molecule has 0 saturated carbocycles. The van der Waals surface area contributed by atoms with Gasteiger partial charge in [0.05, 0.1) is 22.7 Å². The van der Waals surface area contributed by atoms with E-state index >= 15 is 17.6 Å². The summed E-state index contributed by atoms with van der Waals surface area (Å²) >= 11 is 0. The summed E-state index contributed by atoms with van der Waals surface area (Å²) in [6.45, 7) is 7.88. The average Bonchev–Trinajstić information content (AvgIpc) is 3.28. The Balaban J connectivity index is 1.17. The minimum atomic E-state index is -0.576. The van der Waals surface area contributed by atoms with E-state index in [0.29, 0.717) is 33.9 Å². The molecule has 10 rings (SSSR count). The molecule has 0 unspecified atom stereocenters. The second-order valence-electron chi connectivity index (χ2n) is 16.1. The number of hydrogen-bond acceptors (Lipinski definition) is 2. The number of rotatable bonds is 8. The van der Waals surface area contributed by atoms with Crippen LogP contribution >= 0.6 is 0 Å². The topological polar surface area (TPSA) is 6.48 Å². The van der Waals surface area contributed by atoms with Crippen LogP contribution in [0, 0.1) is 51.0 Å². The van der Waals surface area contributed by atoms with Gasteiger partial charge in [-0.05, 0) is 131 Å². The molecule has 0 N–H and O–H groups in total. The van der Waals surface area contributed by atoms with Crippen LogP contribution in [0.3, 0.4) is 0 Å². The summed E-state index contributed by atoms with van der Waals surface area (Å²) in [6.07, 6.45) is 0. The Morgan fingerprint density at radius 3 is 1.10 bits per heavy atom. The maximum absolute atomic E-state index is 16.7. The monoisotopic (exact) mass is 816 g/mol. The molecule has 62 heavy (non-hydrogen) atoms. The zero-order chi connectivity index (χ0) is 42.8. The lowest BCUT2D eigenvalue weighted by Crippen LogP contribution is -2.14. The van der Waals surface area contributed by atoms with Crippen LogP contribution in [0.15, 0.2) is 170 Å². The molecule has 2 nitrogen and oxygen atoms in total. The van der Waals surface area contributed by atoms with Crippen molar-refractivity contribution in [2.75, 3.05) is 9.80 Å². The van der Waals surface area contributed by atoms with Gasteiger partial charge in [-0.2, -0.15) is 0 Å². The Morgan fingerprint density at radius 2 is 0.710 bits per heavy atom. The van der Waals surface area contributed by atoms with E-state index in [9.17, 15) is 0 Å². The number of para-hydroxylation sites is 2. The first-order chi connectivity index (χ1) is 30.0. The standard InChI is InChI=1S/C56H40F4N2/c1-33-15-17-39(27-35(33)3)45-29-49(59)53(31-47(45)57)61(41-11-7-5-8-12-41)51-25-21-37-20-24-44-52(26-22-38-19-23-43(51)55(37)56(38)44)62(42-13-9-6-10-14-42)54-32-48(58)46(30-50(54)60)40-18-16-34(2)36(4)28-40/h5-32H,1-4H3. The summed E-state index contributed by atoms with van der Waals surface area (Å²) in [5, 5.41) is 5.28. The van der Waals surface area contributed by atoms with Gasteiger partial charge in [-0.1, -0.05) is 109 Å². The van der Waals surface area contributed by atoms with Gasteiger partial charge >= 0.3 is 0 Å². The Morgan fingerprint density at radius 1 is 0.323 bits per heavy atom. The van der Waals surface area contributed by atoms with Gasteiger partial charge in [-0.25, -0.2) is 17.6 Å². The molecule has 10 aromatic carbocycles. The normalized spacial score (nSPS) is 11.5. The molecule has 0 fully saturated rings. The van der Waals surface area contributed by atoms with Crippen LogP contribution in [0.1, 0.15) is 22.3 Å². The quantitative estimate of drug-likeness (QED) is 0.111. The molecule has 0 amide bonds. The first kappa shape index (κ1) is 38.7. The van der Waals surface area contributed by atoms with Crippen LogP contribution in [-0.2, 0) is 0 Å². The summed E-state index contributed by atoms with van der Waals surface area (Å²) < 4.78 is 66.1. The highest BCUT2D eigenvalue weighted by atomic mass is 19.1. The van der Waals surface area contributed by atoms with Crippen molar-refractivity contribution in [3.63, 3.8) is 0 Å². The molecule has 10 aromatic rings. The smallest absolute Gasteiger partial charge is 0.148 e. The van der Waals surface area contributed by atoms with Gasteiger partial charge in [0.25, 0.3) is 0 Å². The summed E-state index contributed by atoms with van der Waals surface area (Å²) in [6, 6.07) is 51.0. The van der Waals surface area contributed by atoms with E-state index in [1.54, 1.807) is 9.80 Å². The fourth-order valence-electron chi connectivity index (χ4n) is 8.81. The second-order valence-corrected chi connectivity index (χ2v) is 16.1. The molecule has 0 bridgehead atoms. The molecule has 0 radical (unpaired) electrons. The van der Waals surface area contributed by atoms with Crippen LogP contribution in [0.25, 0.3) is 54.6 Å². The van der Waals surface area contributed by atoms with Crippen LogP contribution in [0.4, 0.5) is 51.7 Å². The second kappa shape index (κ2) is 15.2. The van der Waals surface area contributed by atoms with Gasteiger partial charge in [0.15, 0.2) is 0 Å². The van der Waals surface area contributed by atoms with E-state index in [0.717, 1.165) is 54.6 Å². The molecule has 0 aliphatic heterocycles. The number of nitrogens with zero attached hydrogens (tertiary/aromatic N) is 2. The molecular weight excluding hydrogens is 777 g/mol. The molecule has 0 heterocycles. The number of benzene rings is 10. The Kier molecular flexibility index (Phi) is 9.52. The van der Waals surface area contributed by atoms with Crippen LogP contribution in [0.5, 0.6) is 0 Å². The van der Waals surface area contributed by atoms with Crippen LogP contribution in [0.2, 0.25) is 0 Å². The molecule has 0 atom stereocenters. The van der Waals surface area contributed by atoms with E-state index in [1.165, 1.54) is 24.3 Å². The first-order valence-electron chi connectivity index (χ1n) is 20.6. The van der Waals surface area contributed by atoms with Crippen molar-refractivity contribution in [2.45, 2.75) is 27.7 Å². The lowest BCUT2D eigenvalue weighted by Gasteiger charge is -2.30. The predicted octanol–water partition coefficient (Wildman–Crippen LogP) is 16.6. The SMILES string of the molecule is Cc1ccc(-c2cc(F)c(N(c3ccccc3)c3ccc4ccc5c(N(c6ccccc6)c6cc(F)c(-c7ccc(C)c(C)c7)cc6F)ccc6ccc3c4c65)cc2F)cc1C. The summed E-state index contributed by atoms with van der Waals surface area (Å²) in [5.74, 6) is -2.24. The maximum atomic E-state index is 16.7. The summed E-state index contributed by atoms with van der Waals surface area (Å²) in [7, 11) is 0. The third kappa shape index (κ3) is 6.51. The van der Waals surface area contributed by atoms with E-state index in [1.807, 2.05) is 173 Å². The van der Waals surface area contributed by atoms with Gasteiger partial charge < -0.3 is 9.80 Å². The first-order valence-corrected chi connectivity index (χ1v) is 20.6. The zero-order valence-corrected chi connectivity index (χ0v) is 34.6. The molecular formula is C56H40F4N2. The molecule has 0 aliphatic carbocycles. The average molecular weight is 817 g/mol. The van der Waals surface area contributed by atoms with E-state index in [-0.39, 0.29) is 22.5 Å². The molecule has 0 saturated heterocycles. The minimum Gasteiger partial charge on any atom is -0.307 e. The van der Waals surface area contributed by atoms with Crippen molar-refractivity contribution in [1.82, 2.24) is 0 Å². The summed E-state index contributed by atoms with van der Waals surface area (Å²) in [4.78, 5) is 3.53. The molecule has 0 aromatic heterocycles. The summed E-state index contributed by atoms with van der Waals surface area (Å²) in [5.41, 5.74) is 8.42. The lowest BCUT2D eigenvalue weighted by molar-refractivity contribution is 0.604. The number of anilines is 6. The highest BCUT2D eigenvalue weighted by Gasteiger charge is 2.26. The number of halogens is 4. The van der Waals surface area contributed by atoms with Gasteiger partial charge in [0.2, 0.25) is 0 Å². The van der Waals surface area contributed by atoms with Crippen molar-refractivity contribution < 1.29 is 17.6 Å².